The number of Topliss-reactive ketones (excluding diaryl/α,β-unsaturated/α-hetero) is 1. The van der Waals surface area contributed by atoms with E-state index in [1.165, 1.54) is 12.7 Å². The van der Waals surface area contributed by atoms with Crippen molar-refractivity contribution in [3.05, 3.63) is 65.7 Å². The molecule has 0 spiro atoms. The highest BCUT2D eigenvalue weighted by atomic mass is 16.5. The molecule has 0 atom stereocenters. The molecule has 1 aliphatic rings. The van der Waals surface area contributed by atoms with Crippen LogP contribution in [0.15, 0.2) is 54.6 Å². The van der Waals surface area contributed by atoms with Crippen LogP contribution in [0.25, 0.3) is 0 Å². The molecule has 5 nitrogen and oxygen atoms in total. The summed E-state index contributed by atoms with van der Waals surface area (Å²) in [6.45, 7) is 4.42. The number of likely N-dealkylation sites (tertiary alicyclic amines) is 1. The second-order valence-corrected chi connectivity index (χ2v) is 7.60. The first-order valence-electron chi connectivity index (χ1n) is 10.3. The fourth-order valence-corrected chi connectivity index (χ4v) is 3.95. The maximum Gasteiger partial charge on any atom is 0.331 e. The Kier molecular flexibility index (Phi) is 7.04. The van der Waals surface area contributed by atoms with Crippen LogP contribution < -0.4 is 5.32 Å². The molecule has 154 valence electrons. The number of methoxy groups -OCH3 is 1. The van der Waals surface area contributed by atoms with E-state index in [-0.39, 0.29) is 11.8 Å². The molecule has 0 unspecified atom stereocenters. The van der Waals surface area contributed by atoms with Gasteiger partial charge in [0.15, 0.2) is 5.78 Å². The number of ether oxygens (including phenoxy) is 1. The third kappa shape index (κ3) is 5.04. The Morgan fingerprint density at radius 1 is 1.03 bits per heavy atom. The van der Waals surface area contributed by atoms with E-state index >= 15 is 0 Å². The van der Waals surface area contributed by atoms with Crippen LogP contribution in [0, 0.1) is 0 Å². The number of anilines is 1. The predicted octanol–water partition coefficient (Wildman–Crippen LogP) is 3.94. The number of hydrogen-bond donors (Lipinski definition) is 1. The molecule has 1 aliphatic heterocycles. The molecule has 29 heavy (non-hydrogen) atoms. The van der Waals surface area contributed by atoms with Crippen LogP contribution in [0.3, 0.4) is 0 Å². The molecule has 0 saturated carbocycles. The summed E-state index contributed by atoms with van der Waals surface area (Å²) in [5, 5.41) is 3.40. The van der Waals surface area contributed by atoms with Gasteiger partial charge >= 0.3 is 5.97 Å². The highest BCUT2D eigenvalue weighted by molar-refractivity contribution is 6.01. The molecule has 2 aromatic rings. The van der Waals surface area contributed by atoms with Crippen molar-refractivity contribution in [2.45, 2.75) is 38.1 Å². The third-order valence-corrected chi connectivity index (χ3v) is 5.77. The van der Waals surface area contributed by atoms with Crippen molar-refractivity contribution in [2.24, 2.45) is 0 Å². The number of para-hydroxylation sites is 1. The SMILES string of the molecule is CCC(=O)c1ccccc1NC1(C(=O)OC)CCN(CCc2ccccc2)CC1. The Balaban J connectivity index is 1.70. The monoisotopic (exact) mass is 394 g/mol. The second-order valence-electron chi connectivity index (χ2n) is 7.60. The first-order chi connectivity index (χ1) is 14.1. The van der Waals surface area contributed by atoms with E-state index in [1.54, 1.807) is 0 Å². The minimum atomic E-state index is -0.803. The van der Waals surface area contributed by atoms with Crippen LogP contribution in [0.2, 0.25) is 0 Å². The average Bonchev–Trinajstić information content (AvgIpc) is 2.78. The van der Waals surface area contributed by atoms with Gasteiger partial charge in [-0.3, -0.25) is 4.79 Å². The third-order valence-electron chi connectivity index (χ3n) is 5.77. The Morgan fingerprint density at radius 3 is 2.34 bits per heavy atom. The normalized spacial score (nSPS) is 16.2. The van der Waals surface area contributed by atoms with E-state index < -0.39 is 5.54 Å². The molecular weight excluding hydrogens is 364 g/mol. The Morgan fingerprint density at radius 2 is 1.69 bits per heavy atom. The average molecular weight is 395 g/mol. The van der Waals surface area contributed by atoms with Gasteiger partial charge in [-0.25, -0.2) is 4.79 Å². The largest absolute Gasteiger partial charge is 0.467 e. The molecule has 1 N–H and O–H groups in total. The summed E-state index contributed by atoms with van der Waals surface area (Å²) in [6.07, 6.45) is 2.71. The molecule has 5 heteroatoms. The zero-order chi connectivity index (χ0) is 20.7. The fourth-order valence-electron chi connectivity index (χ4n) is 3.95. The van der Waals surface area contributed by atoms with Gasteiger partial charge in [-0.2, -0.15) is 0 Å². The van der Waals surface area contributed by atoms with E-state index in [1.807, 2.05) is 37.3 Å². The molecular formula is C24H30N2O3. The van der Waals surface area contributed by atoms with Crippen molar-refractivity contribution in [2.75, 3.05) is 32.1 Å². The standard InChI is InChI=1S/C24H30N2O3/c1-3-22(27)20-11-7-8-12-21(20)25-24(23(28)29-2)14-17-26(18-15-24)16-13-19-9-5-4-6-10-19/h4-12,25H,3,13-18H2,1-2H3. The van der Waals surface area contributed by atoms with E-state index in [0.29, 0.717) is 30.5 Å². The van der Waals surface area contributed by atoms with Gasteiger partial charge in [0.25, 0.3) is 0 Å². The minimum Gasteiger partial charge on any atom is -0.467 e. The van der Waals surface area contributed by atoms with E-state index in [9.17, 15) is 9.59 Å². The lowest BCUT2D eigenvalue weighted by Crippen LogP contribution is -2.55. The summed E-state index contributed by atoms with van der Waals surface area (Å²) in [5.41, 5.74) is 1.86. The predicted molar refractivity (Wildman–Crippen MR) is 115 cm³/mol. The molecule has 0 aliphatic carbocycles. The van der Waals surface area contributed by atoms with Gasteiger partial charge in [-0.05, 0) is 37.0 Å². The number of carbonyl (C=O) groups is 2. The Hall–Kier alpha value is -2.66. The maximum absolute atomic E-state index is 12.7. The topological polar surface area (TPSA) is 58.6 Å². The van der Waals surface area contributed by atoms with Gasteiger partial charge in [-0.1, -0.05) is 49.4 Å². The zero-order valence-corrected chi connectivity index (χ0v) is 17.3. The van der Waals surface area contributed by atoms with Crippen LogP contribution in [0.4, 0.5) is 5.69 Å². The van der Waals surface area contributed by atoms with Gasteiger partial charge < -0.3 is 15.0 Å². The molecule has 1 saturated heterocycles. The molecule has 0 bridgehead atoms. The molecule has 2 aromatic carbocycles. The first-order valence-corrected chi connectivity index (χ1v) is 10.3. The summed E-state index contributed by atoms with van der Waals surface area (Å²) in [5.74, 6) is -0.202. The van der Waals surface area contributed by atoms with Crippen LogP contribution in [-0.4, -0.2) is 48.9 Å². The van der Waals surface area contributed by atoms with Crippen LogP contribution in [-0.2, 0) is 16.0 Å². The van der Waals surface area contributed by atoms with E-state index in [4.69, 9.17) is 4.74 Å². The number of nitrogens with zero attached hydrogens (tertiary/aromatic N) is 1. The number of benzene rings is 2. The van der Waals surface area contributed by atoms with Crippen LogP contribution in [0.1, 0.15) is 42.1 Å². The molecule has 3 rings (SSSR count). The van der Waals surface area contributed by atoms with Crippen molar-refractivity contribution >= 4 is 17.4 Å². The van der Waals surface area contributed by atoms with E-state index in [2.05, 4.69) is 34.5 Å². The lowest BCUT2D eigenvalue weighted by molar-refractivity contribution is -0.147. The number of hydrogen-bond acceptors (Lipinski definition) is 5. The second kappa shape index (κ2) is 9.70. The van der Waals surface area contributed by atoms with Gasteiger partial charge in [0.05, 0.1) is 7.11 Å². The number of ketones is 1. The highest BCUT2D eigenvalue weighted by Gasteiger charge is 2.43. The van der Waals surface area contributed by atoms with Gasteiger partial charge in [0, 0.05) is 37.3 Å². The van der Waals surface area contributed by atoms with Crippen LogP contribution >= 0.6 is 0 Å². The summed E-state index contributed by atoms with van der Waals surface area (Å²) in [6, 6.07) is 17.9. The minimum absolute atomic E-state index is 0.0633. The Labute approximate surface area is 173 Å². The molecule has 1 fully saturated rings. The summed E-state index contributed by atoms with van der Waals surface area (Å²) in [7, 11) is 1.43. The highest BCUT2D eigenvalue weighted by Crippen LogP contribution is 2.30. The molecule has 1 heterocycles. The molecule has 0 radical (unpaired) electrons. The zero-order valence-electron chi connectivity index (χ0n) is 17.3. The van der Waals surface area contributed by atoms with Crippen molar-refractivity contribution in [1.82, 2.24) is 4.90 Å². The van der Waals surface area contributed by atoms with Crippen molar-refractivity contribution < 1.29 is 14.3 Å². The number of esters is 1. The first kappa shape index (κ1) is 21.1. The van der Waals surface area contributed by atoms with Gasteiger partial charge in [-0.15, -0.1) is 0 Å². The van der Waals surface area contributed by atoms with Crippen LogP contribution in [0.5, 0.6) is 0 Å². The lowest BCUT2D eigenvalue weighted by atomic mass is 9.86. The van der Waals surface area contributed by atoms with Gasteiger partial charge in [0.2, 0.25) is 0 Å². The van der Waals surface area contributed by atoms with Gasteiger partial charge in [0.1, 0.15) is 5.54 Å². The maximum atomic E-state index is 12.7. The Bertz CT molecular complexity index is 827. The number of rotatable bonds is 8. The van der Waals surface area contributed by atoms with Crippen molar-refractivity contribution in [3.63, 3.8) is 0 Å². The van der Waals surface area contributed by atoms with Crippen molar-refractivity contribution in [3.8, 4) is 0 Å². The number of piperidine rings is 1. The van der Waals surface area contributed by atoms with Crippen molar-refractivity contribution in [1.29, 1.82) is 0 Å². The fraction of sp³-hybridized carbons (Fsp3) is 0.417. The molecule has 0 aromatic heterocycles. The summed E-state index contributed by atoms with van der Waals surface area (Å²) >= 11 is 0. The number of nitrogens with one attached hydrogen (secondary N) is 1. The summed E-state index contributed by atoms with van der Waals surface area (Å²) in [4.78, 5) is 27.5. The molecule has 0 amide bonds. The lowest BCUT2D eigenvalue weighted by Gasteiger charge is -2.41. The number of carbonyl (C=O) groups excluding carboxylic acids is 2. The van der Waals surface area contributed by atoms with E-state index in [0.717, 1.165) is 26.1 Å². The quantitative estimate of drug-likeness (QED) is 0.543. The summed E-state index contributed by atoms with van der Waals surface area (Å²) < 4.78 is 5.15. The smallest absolute Gasteiger partial charge is 0.331 e.